The van der Waals surface area contributed by atoms with Crippen LogP contribution in [-0.2, 0) is 11.3 Å². The molecule has 0 spiro atoms. The number of nitrogens with zero attached hydrogens (tertiary/aromatic N) is 4. The Hall–Kier alpha value is -3.82. The molecule has 8 nitrogen and oxygen atoms in total. The monoisotopic (exact) mass is 544 g/mol. The Morgan fingerprint density at radius 3 is 2.55 bits per heavy atom. The number of hydrogen-bond acceptors (Lipinski definition) is 6. The van der Waals surface area contributed by atoms with Gasteiger partial charge in [0.2, 0.25) is 0 Å². The van der Waals surface area contributed by atoms with E-state index in [1.54, 1.807) is 18.2 Å². The molecule has 1 aliphatic carbocycles. The van der Waals surface area contributed by atoms with Crippen molar-refractivity contribution in [3.05, 3.63) is 86.9 Å². The highest BCUT2D eigenvalue weighted by Crippen LogP contribution is 2.33. The number of phenols is 1. The van der Waals surface area contributed by atoms with Crippen LogP contribution in [0.4, 0.5) is 4.39 Å². The second-order valence-electron chi connectivity index (χ2n) is 11.0. The minimum atomic E-state index is -0.625. The Bertz CT molecular complexity index is 1670. The number of phenolic OH excluding ortho intramolecular Hbond substituents is 1. The number of aromatic hydroxyl groups is 1. The Morgan fingerprint density at radius 2 is 1.77 bits per heavy atom. The highest BCUT2D eigenvalue weighted by Gasteiger charge is 2.26. The first-order valence-electron chi connectivity index (χ1n) is 14.0. The van der Waals surface area contributed by atoms with E-state index in [1.807, 2.05) is 24.3 Å². The third-order valence-corrected chi connectivity index (χ3v) is 8.29. The molecule has 1 aliphatic heterocycles. The van der Waals surface area contributed by atoms with Crippen LogP contribution in [0.3, 0.4) is 0 Å². The molecule has 1 saturated heterocycles. The summed E-state index contributed by atoms with van der Waals surface area (Å²) in [5, 5.41) is 10.9. The zero-order valence-electron chi connectivity index (χ0n) is 22.6. The molecule has 9 heteroatoms. The molecule has 2 fully saturated rings. The maximum atomic E-state index is 14.3. The summed E-state index contributed by atoms with van der Waals surface area (Å²) in [4.78, 5) is 34.0. The van der Waals surface area contributed by atoms with Crippen molar-refractivity contribution in [2.45, 2.75) is 45.2 Å². The SMILES string of the molecule is CC1CCC(n2c(=O)c3cc(F)cnc3n(-c3cccc(-c4cccc(O)c4CN4CCOCC4)c3)c2=O)CC1. The first-order chi connectivity index (χ1) is 19.4. The van der Waals surface area contributed by atoms with Gasteiger partial charge >= 0.3 is 5.69 Å². The lowest BCUT2D eigenvalue weighted by Crippen LogP contribution is -2.43. The number of ether oxygens (including phenoxy) is 1. The van der Waals surface area contributed by atoms with Crippen molar-refractivity contribution in [2.24, 2.45) is 5.92 Å². The molecule has 4 aromatic rings. The summed E-state index contributed by atoms with van der Waals surface area (Å²) in [7, 11) is 0. The lowest BCUT2D eigenvalue weighted by atomic mass is 9.87. The summed E-state index contributed by atoms with van der Waals surface area (Å²) < 4.78 is 22.5. The molecular weight excluding hydrogens is 511 g/mol. The third kappa shape index (κ3) is 4.95. The molecule has 6 rings (SSSR count). The lowest BCUT2D eigenvalue weighted by molar-refractivity contribution is 0.0339. The first-order valence-corrected chi connectivity index (χ1v) is 14.0. The van der Waals surface area contributed by atoms with Gasteiger partial charge in [-0.25, -0.2) is 18.7 Å². The van der Waals surface area contributed by atoms with Crippen molar-refractivity contribution in [3.8, 4) is 22.6 Å². The van der Waals surface area contributed by atoms with E-state index >= 15 is 0 Å². The fourth-order valence-electron chi connectivity index (χ4n) is 6.04. The van der Waals surface area contributed by atoms with Gasteiger partial charge in [0, 0.05) is 31.2 Å². The number of morpholine rings is 1. The van der Waals surface area contributed by atoms with Gasteiger partial charge in [-0.05, 0) is 67.0 Å². The number of halogens is 1. The zero-order valence-corrected chi connectivity index (χ0v) is 22.6. The maximum Gasteiger partial charge on any atom is 0.337 e. The van der Waals surface area contributed by atoms with E-state index in [0.717, 1.165) is 61.7 Å². The van der Waals surface area contributed by atoms with Crippen LogP contribution in [0.15, 0.2) is 64.3 Å². The fraction of sp³-hybridized carbons (Fsp3) is 0.387. The molecule has 0 radical (unpaired) electrons. The van der Waals surface area contributed by atoms with Gasteiger partial charge in [-0.2, -0.15) is 0 Å². The van der Waals surface area contributed by atoms with Gasteiger partial charge in [0.25, 0.3) is 5.56 Å². The summed E-state index contributed by atoms with van der Waals surface area (Å²) in [6, 6.07) is 13.8. The van der Waals surface area contributed by atoms with Gasteiger partial charge in [-0.3, -0.25) is 14.3 Å². The minimum Gasteiger partial charge on any atom is -0.508 e. The standard InChI is InChI=1S/C31H33FN4O4/c1-20-8-10-23(11-9-20)36-30(38)26-17-22(32)18-33-29(26)35(31(36)39)24-5-2-4-21(16-24)25-6-3-7-28(37)27(25)19-34-12-14-40-15-13-34/h2-7,16-18,20,23,37H,8-15,19H2,1H3. The summed E-state index contributed by atoms with van der Waals surface area (Å²) in [5.41, 5.74) is 2.11. The van der Waals surface area contributed by atoms with E-state index in [9.17, 15) is 19.1 Å². The molecule has 40 heavy (non-hydrogen) atoms. The van der Waals surface area contributed by atoms with Gasteiger partial charge in [0.05, 0.1) is 30.5 Å². The van der Waals surface area contributed by atoms with Crippen LogP contribution < -0.4 is 11.2 Å². The summed E-state index contributed by atoms with van der Waals surface area (Å²) >= 11 is 0. The van der Waals surface area contributed by atoms with Crippen molar-refractivity contribution < 1.29 is 14.2 Å². The van der Waals surface area contributed by atoms with Crippen molar-refractivity contribution in [1.29, 1.82) is 0 Å². The van der Waals surface area contributed by atoms with Crippen LogP contribution in [0.1, 0.15) is 44.2 Å². The Balaban J connectivity index is 1.50. The smallest absolute Gasteiger partial charge is 0.337 e. The fourth-order valence-corrected chi connectivity index (χ4v) is 6.04. The lowest BCUT2D eigenvalue weighted by Gasteiger charge is -2.28. The van der Waals surface area contributed by atoms with Gasteiger partial charge in [0.15, 0.2) is 5.65 Å². The number of pyridine rings is 1. The molecule has 2 aromatic heterocycles. The number of rotatable bonds is 5. The van der Waals surface area contributed by atoms with Gasteiger partial charge in [-0.15, -0.1) is 0 Å². The quantitative estimate of drug-likeness (QED) is 0.394. The van der Waals surface area contributed by atoms with Crippen molar-refractivity contribution in [1.82, 2.24) is 19.0 Å². The predicted octanol–water partition coefficient (Wildman–Crippen LogP) is 4.64. The highest BCUT2D eigenvalue weighted by molar-refractivity contribution is 5.77. The number of aromatic nitrogens is 3. The molecular formula is C31H33FN4O4. The summed E-state index contributed by atoms with van der Waals surface area (Å²) in [6.45, 7) is 5.59. The second kappa shape index (κ2) is 11.0. The average molecular weight is 545 g/mol. The van der Waals surface area contributed by atoms with E-state index in [-0.39, 0.29) is 22.8 Å². The summed E-state index contributed by atoms with van der Waals surface area (Å²) in [6.07, 6.45) is 4.32. The molecule has 1 N–H and O–H groups in total. The number of fused-ring (bicyclic) bond motifs is 1. The van der Waals surface area contributed by atoms with E-state index in [1.165, 1.54) is 15.2 Å². The topological polar surface area (TPSA) is 89.6 Å². The van der Waals surface area contributed by atoms with Crippen LogP contribution >= 0.6 is 0 Å². The molecule has 2 aromatic carbocycles. The second-order valence-corrected chi connectivity index (χ2v) is 11.0. The largest absolute Gasteiger partial charge is 0.508 e. The van der Waals surface area contributed by atoms with Gasteiger partial charge < -0.3 is 9.84 Å². The van der Waals surface area contributed by atoms with Crippen molar-refractivity contribution >= 4 is 11.0 Å². The Kier molecular flexibility index (Phi) is 7.25. The molecule has 2 aliphatic rings. The van der Waals surface area contributed by atoms with Gasteiger partial charge in [0.1, 0.15) is 11.6 Å². The zero-order chi connectivity index (χ0) is 27.8. The van der Waals surface area contributed by atoms with Crippen LogP contribution in [-0.4, -0.2) is 50.4 Å². The Labute approximate surface area is 231 Å². The van der Waals surface area contributed by atoms with Crippen LogP contribution in [0.5, 0.6) is 5.75 Å². The molecule has 1 saturated carbocycles. The maximum absolute atomic E-state index is 14.3. The number of hydrogen-bond donors (Lipinski definition) is 1. The Morgan fingerprint density at radius 1 is 1.02 bits per heavy atom. The number of benzene rings is 2. The average Bonchev–Trinajstić information content (AvgIpc) is 2.96. The normalized spacial score (nSPS) is 20.1. The molecule has 0 unspecified atom stereocenters. The first kappa shape index (κ1) is 26.4. The molecule has 0 bridgehead atoms. The molecule has 0 atom stereocenters. The van der Waals surface area contributed by atoms with Crippen LogP contribution in [0.25, 0.3) is 27.8 Å². The molecule has 0 amide bonds. The minimum absolute atomic E-state index is 0.0778. The predicted molar refractivity (Wildman–Crippen MR) is 151 cm³/mol. The van der Waals surface area contributed by atoms with E-state index in [4.69, 9.17) is 4.74 Å². The third-order valence-electron chi connectivity index (χ3n) is 8.29. The van der Waals surface area contributed by atoms with E-state index in [0.29, 0.717) is 31.4 Å². The van der Waals surface area contributed by atoms with Crippen LogP contribution in [0.2, 0.25) is 0 Å². The highest BCUT2D eigenvalue weighted by atomic mass is 19.1. The van der Waals surface area contributed by atoms with Gasteiger partial charge in [-0.1, -0.05) is 31.2 Å². The molecule has 208 valence electrons. The summed E-state index contributed by atoms with van der Waals surface area (Å²) in [5.74, 6) is 0.119. The van der Waals surface area contributed by atoms with Crippen LogP contribution in [0, 0.1) is 11.7 Å². The van der Waals surface area contributed by atoms with E-state index in [2.05, 4.69) is 16.8 Å². The molecule has 3 heterocycles. The van der Waals surface area contributed by atoms with Crippen molar-refractivity contribution in [2.75, 3.05) is 26.3 Å². The van der Waals surface area contributed by atoms with E-state index < -0.39 is 17.1 Å². The van der Waals surface area contributed by atoms with Crippen molar-refractivity contribution in [3.63, 3.8) is 0 Å².